The van der Waals surface area contributed by atoms with Gasteiger partial charge in [-0.1, -0.05) is 12.6 Å². The molecular formula is C9H13N3O. The Morgan fingerprint density at radius 3 is 2.77 bits per heavy atom. The Morgan fingerprint density at radius 1 is 1.69 bits per heavy atom. The van der Waals surface area contributed by atoms with E-state index in [2.05, 4.69) is 11.6 Å². The summed E-state index contributed by atoms with van der Waals surface area (Å²) in [5, 5.41) is 8.78. The largest absolute Gasteiger partial charge is 0.392 e. The van der Waals surface area contributed by atoms with Gasteiger partial charge in [0, 0.05) is 13.2 Å². The number of aliphatic hydroxyl groups excluding tert-OH is 1. The Labute approximate surface area is 77.3 Å². The van der Waals surface area contributed by atoms with Gasteiger partial charge in [0.05, 0.1) is 12.4 Å². The van der Waals surface area contributed by atoms with Crippen LogP contribution in [0.4, 0.5) is 5.82 Å². The van der Waals surface area contributed by atoms with E-state index in [1.807, 2.05) is 0 Å². The molecule has 0 amide bonds. The molecule has 0 fully saturated rings. The monoisotopic (exact) mass is 179 g/mol. The van der Waals surface area contributed by atoms with Crippen molar-refractivity contribution in [2.24, 2.45) is 5.73 Å². The van der Waals surface area contributed by atoms with E-state index in [0.29, 0.717) is 11.6 Å². The molecule has 1 aromatic rings. The molecule has 4 heteroatoms. The molecule has 0 radical (unpaired) electrons. The summed E-state index contributed by atoms with van der Waals surface area (Å²) >= 11 is 0. The van der Waals surface area contributed by atoms with Gasteiger partial charge >= 0.3 is 0 Å². The van der Waals surface area contributed by atoms with Crippen LogP contribution in [-0.2, 0) is 6.61 Å². The van der Waals surface area contributed by atoms with Crippen molar-refractivity contribution in [3.05, 3.63) is 36.3 Å². The van der Waals surface area contributed by atoms with E-state index in [-0.39, 0.29) is 6.61 Å². The van der Waals surface area contributed by atoms with Crippen LogP contribution in [0.5, 0.6) is 0 Å². The molecule has 0 bridgehead atoms. The average Bonchev–Trinajstić information content (AvgIpc) is 2.17. The highest BCUT2D eigenvalue weighted by Crippen LogP contribution is 2.10. The molecule has 0 aliphatic rings. The highest BCUT2D eigenvalue weighted by Gasteiger charge is 2.02. The predicted molar refractivity (Wildman–Crippen MR) is 51.9 cm³/mol. The summed E-state index contributed by atoms with van der Waals surface area (Å²) in [7, 11) is 1.78. The summed E-state index contributed by atoms with van der Waals surface area (Å²) < 4.78 is 0. The zero-order valence-electron chi connectivity index (χ0n) is 7.57. The minimum atomic E-state index is 0.000561. The van der Waals surface area contributed by atoms with Gasteiger partial charge in [0.25, 0.3) is 0 Å². The number of hydrogen-bond acceptors (Lipinski definition) is 4. The van der Waals surface area contributed by atoms with Crippen molar-refractivity contribution in [1.82, 2.24) is 4.98 Å². The molecule has 70 valence electrons. The Hall–Kier alpha value is -1.55. The fourth-order valence-corrected chi connectivity index (χ4v) is 0.856. The molecule has 3 N–H and O–H groups in total. The fourth-order valence-electron chi connectivity index (χ4n) is 0.856. The van der Waals surface area contributed by atoms with Crippen LogP contribution in [0.1, 0.15) is 5.56 Å². The van der Waals surface area contributed by atoms with Gasteiger partial charge in [0.15, 0.2) is 0 Å². The first-order valence-electron chi connectivity index (χ1n) is 3.89. The van der Waals surface area contributed by atoms with E-state index in [1.165, 1.54) is 0 Å². The molecule has 1 rings (SSSR count). The summed E-state index contributed by atoms with van der Waals surface area (Å²) in [6, 6.07) is 3.57. The standard InChI is InChI=1S/C9H13N3O/c1-7(10)12(2)9-4-3-8(6-13)5-11-9/h3-5,13H,1,6,10H2,2H3. The number of rotatable bonds is 3. The van der Waals surface area contributed by atoms with Crippen LogP contribution < -0.4 is 10.6 Å². The second-order valence-corrected chi connectivity index (χ2v) is 2.73. The number of hydrogen-bond donors (Lipinski definition) is 2. The maximum absolute atomic E-state index is 8.78. The number of aliphatic hydroxyl groups is 1. The molecule has 0 aromatic carbocycles. The molecular weight excluding hydrogens is 166 g/mol. The highest BCUT2D eigenvalue weighted by molar-refractivity contribution is 5.43. The SMILES string of the molecule is C=C(N)N(C)c1ccc(CO)cn1. The van der Waals surface area contributed by atoms with Crippen LogP contribution in [0.2, 0.25) is 0 Å². The minimum Gasteiger partial charge on any atom is -0.392 e. The predicted octanol–water partition coefficient (Wildman–Crippen LogP) is 0.440. The summed E-state index contributed by atoms with van der Waals surface area (Å²) in [6.07, 6.45) is 1.61. The summed E-state index contributed by atoms with van der Waals surface area (Å²) in [5.74, 6) is 1.15. The zero-order chi connectivity index (χ0) is 9.84. The third-order valence-corrected chi connectivity index (χ3v) is 1.77. The van der Waals surface area contributed by atoms with E-state index < -0.39 is 0 Å². The molecule has 0 aliphatic carbocycles. The molecule has 0 unspecified atom stereocenters. The van der Waals surface area contributed by atoms with Crippen molar-refractivity contribution in [3.8, 4) is 0 Å². The van der Waals surface area contributed by atoms with Crippen LogP contribution in [0, 0.1) is 0 Å². The molecule has 13 heavy (non-hydrogen) atoms. The van der Waals surface area contributed by atoms with Crippen LogP contribution in [-0.4, -0.2) is 17.1 Å². The van der Waals surface area contributed by atoms with Gasteiger partial charge in [-0.25, -0.2) is 4.98 Å². The number of pyridine rings is 1. The first-order chi connectivity index (χ1) is 6.15. The molecule has 0 atom stereocenters. The lowest BCUT2D eigenvalue weighted by Gasteiger charge is -2.16. The maximum Gasteiger partial charge on any atom is 0.133 e. The topological polar surface area (TPSA) is 62.4 Å². The third kappa shape index (κ3) is 2.19. The summed E-state index contributed by atoms with van der Waals surface area (Å²) in [5.41, 5.74) is 6.26. The fraction of sp³-hybridized carbons (Fsp3) is 0.222. The van der Waals surface area contributed by atoms with Crippen LogP contribution in [0.3, 0.4) is 0 Å². The van der Waals surface area contributed by atoms with Crippen molar-refractivity contribution in [2.45, 2.75) is 6.61 Å². The maximum atomic E-state index is 8.78. The number of nitrogens with zero attached hydrogens (tertiary/aromatic N) is 2. The van der Waals surface area contributed by atoms with Crippen molar-refractivity contribution < 1.29 is 5.11 Å². The average molecular weight is 179 g/mol. The number of anilines is 1. The molecule has 0 saturated carbocycles. The van der Waals surface area contributed by atoms with Crippen molar-refractivity contribution >= 4 is 5.82 Å². The lowest BCUT2D eigenvalue weighted by Crippen LogP contribution is -2.22. The van der Waals surface area contributed by atoms with Gasteiger partial charge in [-0.3, -0.25) is 0 Å². The van der Waals surface area contributed by atoms with Gasteiger partial charge in [-0.15, -0.1) is 0 Å². The van der Waals surface area contributed by atoms with Gasteiger partial charge in [0.2, 0.25) is 0 Å². The Kier molecular flexibility index (Phi) is 2.87. The van der Waals surface area contributed by atoms with Gasteiger partial charge in [-0.2, -0.15) is 0 Å². The number of aromatic nitrogens is 1. The van der Waals surface area contributed by atoms with Crippen molar-refractivity contribution in [1.29, 1.82) is 0 Å². The van der Waals surface area contributed by atoms with E-state index in [9.17, 15) is 0 Å². The van der Waals surface area contributed by atoms with E-state index in [0.717, 1.165) is 5.56 Å². The van der Waals surface area contributed by atoms with Gasteiger partial charge < -0.3 is 15.7 Å². The molecule has 0 spiro atoms. The molecule has 0 saturated heterocycles. The first-order valence-corrected chi connectivity index (χ1v) is 3.89. The zero-order valence-corrected chi connectivity index (χ0v) is 7.57. The molecule has 0 aliphatic heterocycles. The Balaban J connectivity index is 2.85. The second kappa shape index (κ2) is 3.91. The van der Waals surface area contributed by atoms with Gasteiger partial charge in [0.1, 0.15) is 5.82 Å². The first kappa shape index (κ1) is 9.54. The normalized spacial score (nSPS) is 9.69. The second-order valence-electron chi connectivity index (χ2n) is 2.73. The van der Waals surface area contributed by atoms with Crippen LogP contribution >= 0.6 is 0 Å². The number of nitrogens with two attached hydrogens (primary N) is 1. The lowest BCUT2D eigenvalue weighted by atomic mass is 10.3. The van der Waals surface area contributed by atoms with Crippen LogP contribution in [0.25, 0.3) is 0 Å². The minimum absolute atomic E-state index is 0.000561. The highest BCUT2D eigenvalue weighted by atomic mass is 16.3. The van der Waals surface area contributed by atoms with E-state index >= 15 is 0 Å². The van der Waals surface area contributed by atoms with E-state index in [4.69, 9.17) is 10.8 Å². The Bertz CT molecular complexity index is 294. The van der Waals surface area contributed by atoms with Crippen LogP contribution in [0.15, 0.2) is 30.7 Å². The van der Waals surface area contributed by atoms with Crippen molar-refractivity contribution in [3.63, 3.8) is 0 Å². The van der Waals surface area contributed by atoms with Crippen molar-refractivity contribution in [2.75, 3.05) is 11.9 Å². The smallest absolute Gasteiger partial charge is 0.133 e. The quantitative estimate of drug-likeness (QED) is 0.706. The van der Waals surface area contributed by atoms with Gasteiger partial charge in [-0.05, 0) is 11.6 Å². The van der Waals surface area contributed by atoms with E-state index in [1.54, 1.807) is 30.3 Å². The third-order valence-electron chi connectivity index (χ3n) is 1.77. The molecule has 1 aromatic heterocycles. The molecule has 1 heterocycles. The lowest BCUT2D eigenvalue weighted by molar-refractivity contribution is 0.281. The molecule has 4 nitrogen and oxygen atoms in total. The summed E-state index contributed by atoms with van der Waals surface area (Å²) in [4.78, 5) is 5.76. The summed E-state index contributed by atoms with van der Waals surface area (Å²) in [6.45, 7) is 3.59. The Morgan fingerprint density at radius 2 is 2.38 bits per heavy atom.